The highest BCUT2D eigenvalue weighted by atomic mass is 32.2. The normalized spacial score (nSPS) is 16.6. The number of nitrogens with zero attached hydrogens (tertiary/aromatic N) is 2. The topological polar surface area (TPSA) is 77.4 Å². The summed E-state index contributed by atoms with van der Waals surface area (Å²) in [5.74, 6) is 0.851. The predicted molar refractivity (Wildman–Crippen MR) is 174 cm³/mol. The van der Waals surface area contributed by atoms with Crippen LogP contribution in [0.3, 0.4) is 0 Å². The maximum Gasteiger partial charge on any atom is 0.124 e. The highest BCUT2D eigenvalue weighted by molar-refractivity contribution is 7.95. The van der Waals surface area contributed by atoms with Crippen molar-refractivity contribution in [2.75, 3.05) is 40.5 Å². The molecule has 4 atom stereocenters. The van der Waals surface area contributed by atoms with E-state index in [1.54, 1.807) is 7.11 Å². The van der Waals surface area contributed by atoms with E-state index in [-0.39, 0.29) is 28.8 Å². The third-order valence-electron chi connectivity index (χ3n) is 7.49. The van der Waals surface area contributed by atoms with Crippen LogP contribution in [0.15, 0.2) is 36.4 Å². The Kier molecular flexibility index (Phi) is 18.3. The summed E-state index contributed by atoms with van der Waals surface area (Å²) in [5.41, 5.74) is 7.85. The highest BCUT2D eigenvalue weighted by Gasteiger charge is 2.28. The molecular weight excluding hydrogens is 534 g/mol. The summed E-state index contributed by atoms with van der Waals surface area (Å²) in [6, 6.07) is 12.2. The number of aromatic hydroxyl groups is 2. The Labute approximate surface area is 254 Å². The number of hydrazine groups is 1. The molecule has 1 aliphatic rings. The number of ether oxygens (including phenoxy) is 1. The van der Waals surface area contributed by atoms with Crippen molar-refractivity contribution in [2.24, 2.45) is 5.92 Å². The fraction of sp³-hybridized carbons (Fsp3) is 0.636. The fourth-order valence-corrected chi connectivity index (χ4v) is 5.33. The van der Waals surface area contributed by atoms with E-state index in [9.17, 15) is 10.2 Å². The van der Waals surface area contributed by atoms with Crippen LogP contribution in [0.5, 0.6) is 11.5 Å². The molecular formula is C33H57N3O4S. The standard InChI is InChI=1S/C19H34N2O3S.C12H17NO.C2H6/c1-8-12(3)15-10-16(18(23)11-17(15)22)19(13(4)9-2)21(6)20-14(5)25-24-7;1-11-2-4-12(5-3-11)10-13-6-8-14-9-7-13;1-2/h10-14,19-20,22-23H,8-9H2,1-7H3;2-5H,6-10H2,1H3;1-2H3. The Morgan fingerprint density at radius 2 is 1.56 bits per heavy atom. The van der Waals surface area contributed by atoms with Gasteiger partial charge in [0, 0.05) is 50.4 Å². The second-order valence-corrected chi connectivity index (χ2v) is 11.9. The van der Waals surface area contributed by atoms with Crippen LogP contribution in [0, 0.1) is 12.8 Å². The monoisotopic (exact) mass is 591 g/mol. The number of hydrogen-bond acceptors (Lipinski definition) is 8. The van der Waals surface area contributed by atoms with E-state index < -0.39 is 0 Å². The Bertz CT molecular complexity index is 970. The number of phenolic OH excluding ortho intramolecular Hbond substituents is 2. The first kappa shape index (κ1) is 37.2. The highest BCUT2D eigenvalue weighted by Crippen LogP contribution is 2.40. The van der Waals surface area contributed by atoms with E-state index in [1.807, 2.05) is 38.9 Å². The minimum Gasteiger partial charge on any atom is -0.508 e. The van der Waals surface area contributed by atoms with Gasteiger partial charge in [0.1, 0.15) is 11.5 Å². The number of morpholine rings is 1. The maximum absolute atomic E-state index is 10.5. The summed E-state index contributed by atoms with van der Waals surface area (Å²) >= 11 is 1.35. The average molecular weight is 592 g/mol. The third-order valence-corrected chi connectivity index (χ3v) is 8.08. The van der Waals surface area contributed by atoms with E-state index in [0.717, 1.165) is 56.8 Å². The zero-order valence-electron chi connectivity index (χ0n) is 27.2. The van der Waals surface area contributed by atoms with Crippen molar-refractivity contribution >= 4 is 12.0 Å². The SMILES string of the molecule is CC.CCC(C)c1cc(C(C(C)CC)N(C)NC(C)SOC)c(O)cc1O.Cc1ccc(CN2CCOCC2)cc1. The second kappa shape index (κ2) is 20.2. The average Bonchev–Trinajstić information content (AvgIpc) is 2.97. The summed E-state index contributed by atoms with van der Waals surface area (Å²) in [6.07, 6.45) is 1.91. The van der Waals surface area contributed by atoms with Crippen LogP contribution in [0.1, 0.15) is 95.5 Å². The number of aryl methyl sites for hydroxylation is 1. The first-order valence-electron chi connectivity index (χ1n) is 15.2. The van der Waals surface area contributed by atoms with E-state index in [1.165, 1.54) is 29.2 Å². The number of rotatable bonds is 12. The van der Waals surface area contributed by atoms with Crippen LogP contribution in [-0.4, -0.2) is 66.0 Å². The first-order valence-corrected chi connectivity index (χ1v) is 16.0. The summed E-state index contributed by atoms with van der Waals surface area (Å²) in [7, 11) is 3.64. The lowest BCUT2D eigenvalue weighted by Gasteiger charge is -2.35. The van der Waals surface area contributed by atoms with Crippen LogP contribution < -0.4 is 5.43 Å². The largest absolute Gasteiger partial charge is 0.508 e. The van der Waals surface area contributed by atoms with Crippen molar-refractivity contribution in [3.63, 3.8) is 0 Å². The molecule has 0 spiro atoms. The predicted octanol–water partition coefficient (Wildman–Crippen LogP) is 7.63. The Morgan fingerprint density at radius 3 is 2.10 bits per heavy atom. The van der Waals surface area contributed by atoms with Crippen molar-refractivity contribution < 1.29 is 19.1 Å². The van der Waals surface area contributed by atoms with Gasteiger partial charge in [0.15, 0.2) is 0 Å². The Balaban J connectivity index is 0.000000439. The molecule has 8 heteroatoms. The zero-order chi connectivity index (χ0) is 30.9. The van der Waals surface area contributed by atoms with Gasteiger partial charge in [0.05, 0.1) is 31.7 Å². The summed E-state index contributed by atoms with van der Waals surface area (Å²) in [6.45, 7) is 21.6. The van der Waals surface area contributed by atoms with Gasteiger partial charge < -0.3 is 19.1 Å². The van der Waals surface area contributed by atoms with E-state index in [2.05, 4.69) is 69.2 Å². The molecule has 0 saturated carbocycles. The van der Waals surface area contributed by atoms with E-state index in [4.69, 9.17) is 8.92 Å². The van der Waals surface area contributed by atoms with E-state index >= 15 is 0 Å². The number of benzene rings is 2. The first-order chi connectivity index (χ1) is 19.6. The van der Waals surface area contributed by atoms with Crippen molar-refractivity contribution in [3.8, 4) is 11.5 Å². The molecule has 0 aliphatic carbocycles. The molecule has 1 heterocycles. The molecule has 2 aromatic rings. The second-order valence-electron chi connectivity index (χ2n) is 10.6. The molecule has 2 aromatic carbocycles. The van der Waals surface area contributed by atoms with Gasteiger partial charge in [-0.05, 0) is 49.3 Å². The lowest BCUT2D eigenvalue weighted by atomic mass is 9.87. The Hall–Kier alpha value is -1.81. The van der Waals surface area contributed by atoms with Crippen LogP contribution in [0.4, 0.5) is 0 Å². The van der Waals surface area contributed by atoms with E-state index in [0.29, 0.717) is 5.92 Å². The van der Waals surface area contributed by atoms with Crippen molar-refractivity contribution in [1.82, 2.24) is 15.3 Å². The molecule has 1 saturated heterocycles. The van der Waals surface area contributed by atoms with Crippen LogP contribution in [-0.2, 0) is 15.5 Å². The van der Waals surface area contributed by atoms with Gasteiger partial charge in [-0.15, -0.1) is 0 Å². The maximum atomic E-state index is 10.5. The van der Waals surface area contributed by atoms with Gasteiger partial charge >= 0.3 is 0 Å². The molecule has 41 heavy (non-hydrogen) atoms. The molecule has 4 unspecified atom stereocenters. The zero-order valence-corrected chi connectivity index (χ0v) is 28.1. The van der Waals surface area contributed by atoms with Crippen LogP contribution >= 0.6 is 12.0 Å². The van der Waals surface area contributed by atoms with Crippen molar-refractivity contribution in [3.05, 3.63) is 58.7 Å². The number of phenols is 2. The number of hydrogen-bond donors (Lipinski definition) is 3. The molecule has 0 bridgehead atoms. The molecule has 0 aromatic heterocycles. The van der Waals surface area contributed by atoms with Crippen LogP contribution in [0.25, 0.3) is 0 Å². The summed E-state index contributed by atoms with van der Waals surface area (Å²) < 4.78 is 10.4. The molecule has 234 valence electrons. The lowest BCUT2D eigenvalue weighted by Crippen LogP contribution is -2.43. The molecule has 3 N–H and O–H groups in total. The van der Waals surface area contributed by atoms with Gasteiger partial charge in [-0.2, -0.15) is 0 Å². The summed E-state index contributed by atoms with van der Waals surface area (Å²) in [4.78, 5) is 2.44. The van der Waals surface area contributed by atoms with Crippen LogP contribution in [0.2, 0.25) is 0 Å². The summed E-state index contributed by atoms with van der Waals surface area (Å²) in [5, 5.41) is 22.9. The number of nitrogens with one attached hydrogen (secondary N) is 1. The molecule has 7 nitrogen and oxygen atoms in total. The van der Waals surface area contributed by atoms with Gasteiger partial charge in [-0.25, -0.2) is 10.4 Å². The minimum absolute atomic E-state index is 0.0201. The molecule has 1 aliphatic heterocycles. The van der Waals surface area contributed by atoms with Gasteiger partial charge in [-0.3, -0.25) is 4.90 Å². The molecule has 1 fully saturated rings. The molecule has 0 radical (unpaired) electrons. The van der Waals surface area contributed by atoms with Gasteiger partial charge in [0.2, 0.25) is 0 Å². The third kappa shape index (κ3) is 12.5. The van der Waals surface area contributed by atoms with Crippen molar-refractivity contribution in [1.29, 1.82) is 0 Å². The minimum atomic E-state index is -0.0201. The molecule has 3 rings (SSSR count). The van der Waals surface area contributed by atoms with Gasteiger partial charge in [0.25, 0.3) is 0 Å². The quantitative estimate of drug-likeness (QED) is 0.132. The lowest BCUT2D eigenvalue weighted by molar-refractivity contribution is 0.0342. The smallest absolute Gasteiger partial charge is 0.124 e. The van der Waals surface area contributed by atoms with Crippen molar-refractivity contribution in [2.45, 2.75) is 92.1 Å². The van der Waals surface area contributed by atoms with Gasteiger partial charge in [-0.1, -0.05) is 77.8 Å². The fourth-order valence-electron chi connectivity index (χ4n) is 4.83. The molecule has 0 amide bonds. The Morgan fingerprint density at radius 1 is 0.976 bits per heavy atom.